The van der Waals surface area contributed by atoms with E-state index < -0.39 is 5.97 Å². The Kier molecular flexibility index (Phi) is 8.52. The summed E-state index contributed by atoms with van der Waals surface area (Å²) in [5, 5.41) is 12.3. The standard InChI is InChI=1S/C17H27NO2/c1-2-3-4-5-6-7-8-11-14-18-16-13-10-9-12-15(16)17(19)20/h9-10,12-13,18H,2-8,11,14H2,1H3,(H,19,20). The SMILES string of the molecule is CCCCCCCCCCNc1ccccc1C(=O)O. The summed E-state index contributed by atoms with van der Waals surface area (Å²) in [6.45, 7) is 3.08. The Morgan fingerprint density at radius 1 is 1.00 bits per heavy atom. The van der Waals surface area contributed by atoms with Crippen LogP contribution in [0.4, 0.5) is 5.69 Å². The minimum Gasteiger partial charge on any atom is -0.478 e. The Bertz CT molecular complexity index is 390. The third-order valence-corrected chi connectivity index (χ3v) is 3.50. The molecule has 0 aliphatic rings. The van der Waals surface area contributed by atoms with Crippen molar-refractivity contribution in [1.82, 2.24) is 0 Å². The summed E-state index contributed by atoms with van der Waals surface area (Å²) in [5.74, 6) is -0.871. The topological polar surface area (TPSA) is 49.3 Å². The molecule has 0 aliphatic heterocycles. The number of hydrogen-bond acceptors (Lipinski definition) is 2. The Morgan fingerprint density at radius 3 is 2.25 bits per heavy atom. The van der Waals surface area contributed by atoms with Crippen LogP contribution in [0.25, 0.3) is 0 Å². The van der Waals surface area contributed by atoms with Gasteiger partial charge in [0.05, 0.1) is 5.56 Å². The third kappa shape index (κ3) is 6.60. The zero-order valence-corrected chi connectivity index (χ0v) is 12.5. The fourth-order valence-electron chi connectivity index (χ4n) is 2.31. The maximum absolute atomic E-state index is 11.0. The van der Waals surface area contributed by atoms with Gasteiger partial charge in [-0.1, -0.05) is 64.0 Å². The number of carbonyl (C=O) groups is 1. The zero-order valence-electron chi connectivity index (χ0n) is 12.5. The predicted molar refractivity (Wildman–Crippen MR) is 84.5 cm³/mol. The van der Waals surface area contributed by atoms with E-state index in [-0.39, 0.29) is 0 Å². The van der Waals surface area contributed by atoms with E-state index in [2.05, 4.69) is 12.2 Å². The van der Waals surface area contributed by atoms with Crippen LogP contribution in [0.2, 0.25) is 0 Å². The Balaban J connectivity index is 2.11. The molecule has 0 radical (unpaired) electrons. The van der Waals surface area contributed by atoms with E-state index >= 15 is 0 Å². The number of anilines is 1. The van der Waals surface area contributed by atoms with Crippen LogP contribution >= 0.6 is 0 Å². The number of nitrogens with one attached hydrogen (secondary N) is 1. The van der Waals surface area contributed by atoms with Gasteiger partial charge in [-0.15, -0.1) is 0 Å². The van der Waals surface area contributed by atoms with E-state index in [9.17, 15) is 4.79 Å². The second kappa shape index (κ2) is 10.3. The average molecular weight is 277 g/mol. The number of para-hydroxylation sites is 1. The molecular formula is C17H27NO2. The molecule has 1 rings (SSSR count). The van der Waals surface area contributed by atoms with E-state index in [0.717, 1.165) is 18.7 Å². The molecule has 20 heavy (non-hydrogen) atoms. The molecule has 0 aliphatic carbocycles. The first-order valence-corrected chi connectivity index (χ1v) is 7.82. The lowest BCUT2D eigenvalue weighted by Gasteiger charge is -2.09. The summed E-state index contributed by atoms with van der Waals surface area (Å²) < 4.78 is 0. The molecule has 3 heteroatoms. The van der Waals surface area contributed by atoms with Gasteiger partial charge in [0.15, 0.2) is 0 Å². The molecule has 0 saturated carbocycles. The van der Waals surface area contributed by atoms with Crippen molar-refractivity contribution in [2.75, 3.05) is 11.9 Å². The maximum Gasteiger partial charge on any atom is 0.337 e. The van der Waals surface area contributed by atoms with Crippen LogP contribution in [0, 0.1) is 0 Å². The van der Waals surface area contributed by atoms with E-state index in [1.54, 1.807) is 12.1 Å². The number of hydrogen-bond donors (Lipinski definition) is 2. The van der Waals surface area contributed by atoms with Crippen molar-refractivity contribution in [2.24, 2.45) is 0 Å². The first kappa shape index (κ1) is 16.5. The van der Waals surface area contributed by atoms with Gasteiger partial charge in [0.1, 0.15) is 0 Å². The first-order valence-electron chi connectivity index (χ1n) is 7.82. The summed E-state index contributed by atoms with van der Waals surface area (Å²) >= 11 is 0. The number of rotatable bonds is 11. The molecular weight excluding hydrogens is 250 g/mol. The van der Waals surface area contributed by atoms with Gasteiger partial charge in [-0.25, -0.2) is 4.79 Å². The summed E-state index contributed by atoms with van der Waals surface area (Å²) in [4.78, 5) is 11.0. The van der Waals surface area contributed by atoms with Gasteiger partial charge in [0, 0.05) is 12.2 Å². The van der Waals surface area contributed by atoms with Crippen LogP contribution in [0.3, 0.4) is 0 Å². The predicted octanol–water partition coefficient (Wildman–Crippen LogP) is 4.94. The smallest absolute Gasteiger partial charge is 0.337 e. The highest BCUT2D eigenvalue weighted by Crippen LogP contribution is 2.15. The fourth-order valence-corrected chi connectivity index (χ4v) is 2.31. The number of carboxylic acids is 1. The third-order valence-electron chi connectivity index (χ3n) is 3.50. The van der Waals surface area contributed by atoms with Crippen LogP contribution in [0.15, 0.2) is 24.3 Å². The molecule has 0 aromatic heterocycles. The van der Waals surface area contributed by atoms with Crippen LogP contribution in [-0.4, -0.2) is 17.6 Å². The Morgan fingerprint density at radius 2 is 1.60 bits per heavy atom. The largest absolute Gasteiger partial charge is 0.478 e. The molecule has 0 unspecified atom stereocenters. The Labute approximate surface area is 122 Å². The molecule has 112 valence electrons. The average Bonchev–Trinajstić information content (AvgIpc) is 2.46. The lowest BCUT2D eigenvalue weighted by Crippen LogP contribution is -2.07. The number of aromatic carboxylic acids is 1. The molecule has 0 fully saturated rings. The van der Waals surface area contributed by atoms with Gasteiger partial charge in [0.25, 0.3) is 0 Å². The lowest BCUT2D eigenvalue weighted by atomic mass is 10.1. The highest BCUT2D eigenvalue weighted by molar-refractivity contribution is 5.94. The van der Waals surface area contributed by atoms with Gasteiger partial charge in [-0.05, 0) is 18.6 Å². The van der Waals surface area contributed by atoms with Crippen molar-refractivity contribution in [1.29, 1.82) is 0 Å². The lowest BCUT2D eigenvalue weighted by molar-refractivity contribution is 0.0698. The highest BCUT2D eigenvalue weighted by Gasteiger charge is 2.07. The van der Waals surface area contributed by atoms with Crippen molar-refractivity contribution < 1.29 is 9.90 Å². The minimum atomic E-state index is -0.871. The van der Waals surface area contributed by atoms with Crippen LogP contribution in [0.1, 0.15) is 68.6 Å². The molecule has 1 aromatic rings. The number of benzene rings is 1. The highest BCUT2D eigenvalue weighted by atomic mass is 16.4. The molecule has 0 atom stereocenters. The van der Waals surface area contributed by atoms with Crippen LogP contribution < -0.4 is 5.32 Å². The second-order valence-corrected chi connectivity index (χ2v) is 5.25. The first-order chi connectivity index (χ1) is 9.75. The number of unbranched alkanes of at least 4 members (excludes halogenated alkanes) is 7. The van der Waals surface area contributed by atoms with Crippen LogP contribution in [0.5, 0.6) is 0 Å². The summed E-state index contributed by atoms with van der Waals surface area (Å²) in [6, 6.07) is 7.08. The van der Waals surface area contributed by atoms with Gasteiger partial charge >= 0.3 is 5.97 Å². The fraction of sp³-hybridized carbons (Fsp3) is 0.588. The molecule has 2 N–H and O–H groups in total. The monoisotopic (exact) mass is 277 g/mol. The number of carboxylic acid groups (broad SMARTS) is 1. The van der Waals surface area contributed by atoms with Crippen molar-refractivity contribution >= 4 is 11.7 Å². The van der Waals surface area contributed by atoms with Crippen molar-refractivity contribution in [3.63, 3.8) is 0 Å². The van der Waals surface area contributed by atoms with Gasteiger partial charge in [0.2, 0.25) is 0 Å². The Hall–Kier alpha value is -1.51. The van der Waals surface area contributed by atoms with E-state index in [1.165, 1.54) is 44.9 Å². The molecule has 0 saturated heterocycles. The molecule has 0 amide bonds. The van der Waals surface area contributed by atoms with Gasteiger partial charge in [-0.2, -0.15) is 0 Å². The van der Waals surface area contributed by atoms with Crippen molar-refractivity contribution in [3.8, 4) is 0 Å². The van der Waals surface area contributed by atoms with E-state index in [4.69, 9.17) is 5.11 Å². The second-order valence-electron chi connectivity index (χ2n) is 5.25. The molecule has 3 nitrogen and oxygen atoms in total. The van der Waals surface area contributed by atoms with E-state index in [1.807, 2.05) is 12.1 Å². The van der Waals surface area contributed by atoms with Gasteiger partial charge < -0.3 is 10.4 Å². The normalized spacial score (nSPS) is 10.4. The molecule has 0 spiro atoms. The summed E-state index contributed by atoms with van der Waals surface area (Å²) in [7, 11) is 0. The maximum atomic E-state index is 11.0. The molecule has 0 heterocycles. The molecule has 1 aromatic carbocycles. The minimum absolute atomic E-state index is 0.354. The quantitative estimate of drug-likeness (QED) is 0.563. The van der Waals surface area contributed by atoms with Crippen LogP contribution in [-0.2, 0) is 0 Å². The van der Waals surface area contributed by atoms with Crippen molar-refractivity contribution in [3.05, 3.63) is 29.8 Å². The zero-order chi connectivity index (χ0) is 14.6. The summed E-state index contributed by atoms with van der Waals surface area (Å²) in [5.41, 5.74) is 1.08. The molecule has 0 bridgehead atoms. The van der Waals surface area contributed by atoms with Gasteiger partial charge in [-0.3, -0.25) is 0 Å². The summed E-state index contributed by atoms with van der Waals surface area (Å²) in [6.07, 6.45) is 10.3. The van der Waals surface area contributed by atoms with Crippen molar-refractivity contribution in [2.45, 2.75) is 58.3 Å². The van der Waals surface area contributed by atoms with E-state index in [0.29, 0.717) is 5.56 Å².